The normalized spacial score (nSPS) is 18.7. The van der Waals surface area contributed by atoms with Crippen LogP contribution in [0.5, 0.6) is 0 Å². The predicted molar refractivity (Wildman–Crippen MR) is 70.1 cm³/mol. The second kappa shape index (κ2) is 5.21. The first kappa shape index (κ1) is 12.0. The number of amides is 1. The topological polar surface area (TPSA) is 32.3 Å². The van der Waals surface area contributed by atoms with Gasteiger partial charge in [-0.1, -0.05) is 25.1 Å². The standard InChI is InChI=1S/C14H20N2O/c1-3-6-14(17)15-12-9-10-16(2)13-8-5-4-7-11(12)13/h4-5,7-8,12H,3,6,9-10H2,1-2H3,(H,15,17). The number of carbonyl (C=O) groups excluding carboxylic acids is 1. The molecule has 1 heterocycles. The second-order valence-corrected chi connectivity index (χ2v) is 4.64. The summed E-state index contributed by atoms with van der Waals surface area (Å²) in [6, 6.07) is 8.50. The van der Waals surface area contributed by atoms with Gasteiger partial charge in [0.25, 0.3) is 0 Å². The van der Waals surface area contributed by atoms with E-state index >= 15 is 0 Å². The number of nitrogens with zero attached hydrogens (tertiary/aromatic N) is 1. The number of para-hydroxylation sites is 1. The molecule has 3 nitrogen and oxygen atoms in total. The molecule has 0 saturated carbocycles. The third-order valence-corrected chi connectivity index (χ3v) is 3.29. The molecule has 1 amide bonds. The van der Waals surface area contributed by atoms with Gasteiger partial charge in [0, 0.05) is 25.7 Å². The number of anilines is 1. The van der Waals surface area contributed by atoms with E-state index in [0.29, 0.717) is 6.42 Å². The fraction of sp³-hybridized carbons (Fsp3) is 0.500. The molecule has 0 aromatic heterocycles. The molecule has 1 aliphatic rings. The number of nitrogens with one attached hydrogen (secondary N) is 1. The summed E-state index contributed by atoms with van der Waals surface area (Å²) in [5.41, 5.74) is 2.48. The van der Waals surface area contributed by atoms with Gasteiger partial charge in [0.1, 0.15) is 0 Å². The highest BCUT2D eigenvalue weighted by Gasteiger charge is 2.23. The molecule has 1 atom stereocenters. The monoisotopic (exact) mass is 232 g/mol. The lowest BCUT2D eigenvalue weighted by Gasteiger charge is -2.33. The van der Waals surface area contributed by atoms with Crippen molar-refractivity contribution < 1.29 is 4.79 Å². The summed E-state index contributed by atoms with van der Waals surface area (Å²) in [6.45, 7) is 3.02. The molecule has 1 aliphatic heterocycles. The van der Waals surface area contributed by atoms with Gasteiger partial charge in [-0.2, -0.15) is 0 Å². The highest BCUT2D eigenvalue weighted by Crippen LogP contribution is 2.32. The molecule has 2 rings (SSSR count). The van der Waals surface area contributed by atoms with Crippen LogP contribution in [0.2, 0.25) is 0 Å². The molecular formula is C14H20N2O. The smallest absolute Gasteiger partial charge is 0.220 e. The Hall–Kier alpha value is -1.51. The molecule has 0 fully saturated rings. The van der Waals surface area contributed by atoms with Gasteiger partial charge < -0.3 is 10.2 Å². The highest BCUT2D eigenvalue weighted by atomic mass is 16.1. The maximum Gasteiger partial charge on any atom is 0.220 e. The lowest BCUT2D eigenvalue weighted by Crippen LogP contribution is -2.36. The van der Waals surface area contributed by atoms with Crippen molar-refractivity contribution in [3.8, 4) is 0 Å². The molecule has 0 bridgehead atoms. The zero-order valence-electron chi connectivity index (χ0n) is 10.6. The van der Waals surface area contributed by atoms with Crippen molar-refractivity contribution in [2.75, 3.05) is 18.5 Å². The van der Waals surface area contributed by atoms with Crippen molar-refractivity contribution in [3.05, 3.63) is 29.8 Å². The Morgan fingerprint density at radius 1 is 1.47 bits per heavy atom. The van der Waals surface area contributed by atoms with Gasteiger partial charge in [0.2, 0.25) is 5.91 Å². The molecule has 92 valence electrons. The van der Waals surface area contributed by atoms with E-state index in [1.165, 1.54) is 11.3 Å². The average molecular weight is 232 g/mol. The molecule has 0 spiro atoms. The van der Waals surface area contributed by atoms with Gasteiger partial charge in [-0.05, 0) is 24.5 Å². The van der Waals surface area contributed by atoms with Crippen molar-refractivity contribution in [2.24, 2.45) is 0 Å². The minimum Gasteiger partial charge on any atom is -0.374 e. The zero-order chi connectivity index (χ0) is 12.3. The minimum absolute atomic E-state index is 0.164. The fourth-order valence-electron chi connectivity index (χ4n) is 2.37. The molecule has 0 saturated heterocycles. The summed E-state index contributed by atoms with van der Waals surface area (Å²) in [7, 11) is 2.10. The molecule has 0 aliphatic carbocycles. The van der Waals surface area contributed by atoms with Crippen LogP contribution in [0.4, 0.5) is 5.69 Å². The third kappa shape index (κ3) is 2.60. The van der Waals surface area contributed by atoms with Crippen LogP contribution in [0.15, 0.2) is 24.3 Å². The average Bonchev–Trinajstić information content (AvgIpc) is 2.34. The number of rotatable bonds is 3. The van der Waals surface area contributed by atoms with E-state index in [4.69, 9.17) is 0 Å². The lowest BCUT2D eigenvalue weighted by atomic mass is 9.96. The highest BCUT2D eigenvalue weighted by molar-refractivity contribution is 5.77. The van der Waals surface area contributed by atoms with Gasteiger partial charge in [0.15, 0.2) is 0 Å². The van der Waals surface area contributed by atoms with Gasteiger partial charge in [-0.3, -0.25) is 4.79 Å². The van der Waals surface area contributed by atoms with Crippen LogP contribution in [0.1, 0.15) is 37.8 Å². The quantitative estimate of drug-likeness (QED) is 0.868. The molecule has 3 heteroatoms. The first-order valence-electron chi connectivity index (χ1n) is 6.31. The van der Waals surface area contributed by atoms with E-state index < -0.39 is 0 Å². The Bertz CT molecular complexity index is 403. The Kier molecular flexibility index (Phi) is 3.67. The molecule has 1 N–H and O–H groups in total. The SMILES string of the molecule is CCCC(=O)NC1CCN(C)c2ccccc21. The van der Waals surface area contributed by atoms with Crippen LogP contribution in [0, 0.1) is 0 Å². The molecule has 17 heavy (non-hydrogen) atoms. The number of hydrogen-bond acceptors (Lipinski definition) is 2. The summed E-state index contributed by atoms with van der Waals surface area (Å²) in [5.74, 6) is 0.164. The van der Waals surface area contributed by atoms with E-state index in [0.717, 1.165) is 19.4 Å². The molecule has 0 radical (unpaired) electrons. The van der Waals surface area contributed by atoms with Gasteiger partial charge in [-0.25, -0.2) is 0 Å². The van der Waals surface area contributed by atoms with E-state index in [-0.39, 0.29) is 11.9 Å². The lowest BCUT2D eigenvalue weighted by molar-refractivity contribution is -0.121. The van der Waals surface area contributed by atoms with Crippen LogP contribution < -0.4 is 10.2 Å². The van der Waals surface area contributed by atoms with Gasteiger partial charge in [-0.15, -0.1) is 0 Å². The van der Waals surface area contributed by atoms with Crippen molar-refractivity contribution in [3.63, 3.8) is 0 Å². The van der Waals surface area contributed by atoms with Crippen molar-refractivity contribution in [1.29, 1.82) is 0 Å². The van der Waals surface area contributed by atoms with Crippen molar-refractivity contribution in [1.82, 2.24) is 5.32 Å². The van der Waals surface area contributed by atoms with Gasteiger partial charge >= 0.3 is 0 Å². The van der Waals surface area contributed by atoms with Crippen LogP contribution in [0.25, 0.3) is 0 Å². The first-order chi connectivity index (χ1) is 8.22. The Labute approximate surface area is 103 Å². The molecule has 1 unspecified atom stereocenters. The Balaban J connectivity index is 2.16. The van der Waals surface area contributed by atoms with Gasteiger partial charge in [0.05, 0.1) is 6.04 Å². The van der Waals surface area contributed by atoms with Crippen LogP contribution in [-0.4, -0.2) is 19.5 Å². The summed E-state index contributed by atoms with van der Waals surface area (Å²) >= 11 is 0. The Morgan fingerprint density at radius 2 is 2.24 bits per heavy atom. The zero-order valence-corrected chi connectivity index (χ0v) is 10.6. The number of fused-ring (bicyclic) bond motifs is 1. The summed E-state index contributed by atoms with van der Waals surface area (Å²) in [4.78, 5) is 13.9. The van der Waals surface area contributed by atoms with Crippen molar-refractivity contribution >= 4 is 11.6 Å². The van der Waals surface area contributed by atoms with E-state index in [1.54, 1.807) is 0 Å². The largest absolute Gasteiger partial charge is 0.374 e. The van der Waals surface area contributed by atoms with Crippen molar-refractivity contribution in [2.45, 2.75) is 32.2 Å². The molecule has 1 aromatic rings. The number of hydrogen-bond donors (Lipinski definition) is 1. The number of benzene rings is 1. The number of carbonyl (C=O) groups is 1. The summed E-state index contributed by atoms with van der Waals surface area (Å²) < 4.78 is 0. The third-order valence-electron chi connectivity index (χ3n) is 3.29. The van der Waals surface area contributed by atoms with E-state index in [9.17, 15) is 4.79 Å². The van der Waals surface area contributed by atoms with E-state index in [2.05, 4.69) is 29.4 Å². The fourth-order valence-corrected chi connectivity index (χ4v) is 2.37. The summed E-state index contributed by atoms with van der Waals surface area (Å²) in [5, 5.41) is 3.13. The van der Waals surface area contributed by atoms with E-state index in [1.807, 2.05) is 19.1 Å². The Morgan fingerprint density at radius 3 is 3.00 bits per heavy atom. The maximum atomic E-state index is 11.7. The molecule has 1 aromatic carbocycles. The predicted octanol–water partition coefficient (Wildman–Crippen LogP) is 2.48. The second-order valence-electron chi connectivity index (χ2n) is 4.64. The molecular weight excluding hydrogens is 212 g/mol. The minimum atomic E-state index is 0.164. The maximum absolute atomic E-state index is 11.7. The van der Waals surface area contributed by atoms with Crippen LogP contribution in [0.3, 0.4) is 0 Å². The van der Waals surface area contributed by atoms with Crippen LogP contribution in [-0.2, 0) is 4.79 Å². The first-order valence-corrected chi connectivity index (χ1v) is 6.31. The van der Waals surface area contributed by atoms with Crippen LogP contribution >= 0.6 is 0 Å². The summed E-state index contributed by atoms with van der Waals surface area (Å²) in [6.07, 6.45) is 2.51.